The van der Waals surface area contributed by atoms with Crippen molar-refractivity contribution < 1.29 is 9.59 Å². The molecular formula is C14H21ClN4O2. The average molecular weight is 313 g/mol. The smallest absolute Gasteiger partial charge is 0.238 e. The molecule has 0 fully saturated rings. The van der Waals surface area contributed by atoms with E-state index in [1.807, 2.05) is 6.92 Å². The number of amides is 2. The first-order valence-corrected chi connectivity index (χ1v) is 7.15. The first-order chi connectivity index (χ1) is 9.92. The SMILES string of the molecule is CCCCN(CC(N)=O)CC(=O)Nc1ccc(N)cc1Cl. The summed E-state index contributed by atoms with van der Waals surface area (Å²) in [5, 5.41) is 3.07. The number of nitrogen functional groups attached to an aromatic ring is 1. The zero-order chi connectivity index (χ0) is 15.8. The molecule has 116 valence electrons. The van der Waals surface area contributed by atoms with Gasteiger partial charge in [-0.2, -0.15) is 0 Å². The monoisotopic (exact) mass is 312 g/mol. The Morgan fingerprint density at radius 3 is 2.62 bits per heavy atom. The van der Waals surface area contributed by atoms with Crippen LogP contribution in [0, 0.1) is 0 Å². The van der Waals surface area contributed by atoms with Crippen LogP contribution >= 0.6 is 11.6 Å². The summed E-state index contributed by atoms with van der Waals surface area (Å²) < 4.78 is 0. The topological polar surface area (TPSA) is 101 Å². The second kappa shape index (κ2) is 8.49. The fraction of sp³-hybridized carbons (Fsp3) is 0.429. The molecule has 0 heterocycles. The van der Waals surface area contributed by atoms with Crippen molar-refractivity contribution in [1.29, 1.82) is 0 Å². The minimum Gasteiger partial charge on any atom is -0.399 e. The lowest BCUT2D eigenvalue weighted by Crippen LogP contribution is -2.39. The molecule has 0 saturated heterocycles. The quantitative estimate of drug-likeness (QED) is 0.632. The largest absolute Gasteiger partial charge is 0.399 e. The zero-order valence-electron chi connectivity index (χ0n) is 12.1. The third-order valence-corrected chi connectivity index (χ3v) is 3.15. The predicted molar refractivity (Wildman–Crippen MR) is 85.0 cm³/mol. The van der Waals surface area contributed by atoms with E-state index in [4.69, 9.17) is 23.1 Å². The third-order valence-electron chi connectivity index (χ3n) is 2.84. The van der Waals surface area contributed by atoms with Crippen LogP contribution in [0.4, 0.5) is 11.4 Å². The lowest BCUT2D eigenvalue weighted by molar-refractivity contribution is -0.121. The molecule has 0 aliphatic heterocycles. The maximum absolute atomic E-state index is 12.0. The molecule has 0 aliphatic rings. The average Bonchev–Trinajstić information content (AvgIpc) is 2.38. The molecule has 0 aromatic heterocycles. The van der Waals surface area contributed by atoms with Gasteiger partial charge in [0.15, 0.2) is 0 Å². The third kappa shape index (κ3) is 6.46. The molecule has 21 heavy (non-hydrogen) atoms. The van der Waals surface area contributed by atoms with Crippen LogP contribution in [0.2, 0.25) is 5.02 Å². The van der Waals surface area contributed by atoms with Crippen LogP contribution in [0.15, 0.2) is 18.2 Å². The Bertz CT molecular complexity index is 508. The molecule has 1 aromatic carbocycles. The Labute approximate surface area is 129 Å². The van der Waals surface area contributed by atoms with Gasteiger partial charge in [-0.15, -0.1) is 0 Å². The van der Waals surface area contributed by atoms with Gasteiger partial charge in [-0.05, 0) is 31.2 Å². The van der Waals surface area contributed by atoms with E-state index < -0.39 is 5.91 Å². The van der Waals surface area contributed by atoms with Crippen molar-refractivity contribution in [1.82, 2.24) is 4.90 Å². The summed E-state index contributed by atoms with van der Waals surface area (Å²) >= 11 is 6.00. The van der Waals surface area contributed by atoms with Crippen molar-refractivity contribution in [3.63, 3.8) is 0 Å². The number of carbonyl (C=O) groups is 2. The van der Waals surface area contributed by atoms with E-state index in [0.29, 0.717) is 22.9 Å². The molecule has 0 bridgehead atoms. The van der Waals surface area contributed by atoms with Crippen molar-refractivity contribution in [3.05, 3.63) is 23.2 Å². The molecule has 0 unspecified atom stereocenters. The summed E-state index contributed by atoms with van der Waals surface area (Å²) in [4.78, 5) is 24.7. The standard InChI is InChI=1S/C14H21ClN4O2/c1-2-3-6-19(8-13(17)20)9-14(21)18-12-5-4-10(16)7-11(12)15/h4-5,7H,2-3,6,8-9,16H2,1H3,(H2,17,20)(H,18,21). The number of nitrogens with zero attached hydrogens (tertiary/aromatic N) is 1. The Balaban J connectivity index is 2.61. The predicted octanol–water partition coefficient (Wildman–Crippen LogP) is 1.45. The Hall–Kier alpha value is -1.79. The van der Waals surface area contributed by atoms with Gasteiger partial charge in [0.05, 0.1) is 23.8 Å². The van der Waals surface area contributed by atoms with E-state index in [1.54, 1.807) is 23.1 Å². The molecule has 5 N–H and O–H groups in total. The van der Waals surface area contributed by atoms with Crippen molar-refractivity contribution in [3.8, 4) is 0 Å². The maximum Gasteiger partial charge on any atom is 0.238 e. The molecule has 2 amide bonds. The number of hydrogen-bond donors (Lipinski definition) is 3. The molecule has 1 rings (SSSR count). The number of unbranched alkanes of at least 4 members (excludes halogenated alkanes) is 1. The second-order valence-corrected chi connectivity index (χ2v) is 5.23. The van der Waals surface area contributed by atoms with E-state index in [-0.39, 0.29) is 19.0 Å². The minimum atomic E-state index is -0.454. The fourth-order valence-corrected chi connectivity index (χ4v) is 2.08. The van der Waals surface area contributed by atoms with Gasteiger partial charge < -0.3 is 16.8 Å². The number of halogens is 1. The lowest BCUT2D eigenvalue weighted by Gasteiger charge is -2.20. The number of rotatable bonds is 8. The van der Waals surface area contributed by atoms with Crippen LogP contribution in [-0.2, 0) is 9.59 Å². The number of primary amides is 1. The number of benzene rings is 1. The fourth-order valence-electron chi connectivity index (χ4n) is 1.84. The lowest BCUT2D eigenvalue weighted by atomic mass is 10.2. The van der Waals surface area contributed by atoms with Gasteiger partial charge >= 0.3 is 0 Å². The Morgan fingerprint density at radius 2 is 2.05 bits per heavy atom. The van der Waals surface area contributed by atoms with Gasteiger partial charge in [0.2, 0.25) is 11.8 Å². The maximum atomic E-state index is 12.0. The highest BCUT2D eigenvalue weighted by molar-refractivity contribution is 6.34. The number of anilines is 2. The summed E-state index contributed by atoms with van der Waals surface area (Å²) in [6, 6.07) is 4.86. The van der Waals surface area contributed by atoms with E-state index >= 15 is 0 Å². The van der Waals surface area contributed by atoms with Crippen molar-refractivity contribution in [2.24, 2.45) is 5.73 Å². The second-order valence-electron chi connectivity index (χ2n) is 4.82. The van der Waals surface area contributed by atoms with Crippen LogP contribution in [-0.4, -0.2) is 36.3 Å². The molecule has 0 saturated carbocycles. The molecule has 1 aromatic rings. The molecular weight excluding hydrogens is 292 g/mol. The highest BCUT2D eigenvalue weighted by Crippen LogP contribution is 2.23. The van der Waals surface area contributed by atoms with Crippen LogP contribution in [0.3, 0.4) is 0 Å². The van der Waals surface area contributed by atoms with Crippen LogP contribution in [0.5, 0.6) is 0 Å². The zero-order valence-corrected chi connectivity index (χ0v) is 12.8. The van der Waals surface area contributed by atoms with Crippen molar-refractivity contribution in [2.75, 3.05) is 30.7 Å². The number of hydrogen-bond acceptors (Lipinski definition) is 4. The molecule has 0 atom stereocenters. The van der Waals surface area contributed by atoms with Crippen molar-refractivity contribution >= 4 is 34.8 Å². The van der Waals surface area contributed by atoms with Crippen LogP contribution < -0.4 is 16.8 Å². The molecule has 0 aliphatic carbocycles. The summed E-state index contributed by atoms with van der Waals surface area (Å²) in [6.45, 7) is 2.82. The highest BCUT2D eigenvalue weighted by Gasteiger charge is 2.13. The summed E-state index contributed by atoms with van der Waals surface area (Å²) in [5.41, 5.74) is 11.8. The Kier molecular flexibility index (Phi) is 6.98. The summed E-state index contributed by atoms with van der Waals surface area (Å²) in [6.07, 6.45) is 1.86. The number of nitrogens with one attached hydrogen (secondary N) is 1. The highest BCUT2D eigenvalue weighted by atomic mass is 35.5. The van der Waals surface area contributed by atoms with E-state index in [2.05, 4.69) is 5.32 Å². The molecule has 7 heteroatoms. The summed E-state index contributed by atoms with van der Waals surface area (Å²) in [7, 11) is 0. The molecule has 0 radical (unpaired) electrons. The number of carbonyl (C=O) groups excluding carboxylic acids is 2. The van der Waals surface area contributed by atoms with E-state index in [9.17, 15) is 9.59 Å². The van der Waals surface area contributed by atoms with Gasteiger partial charge in [-0.3, -0.25) is 14.5 Å². The first kappa shape index (κ1) is 17.3. The number of nitrogens with two attached hydrogens (primary N) is 2. The van der Waals surface area contributed by atoms with Crippen LogP contribution in [0.1, 0.15) is 19.8 Å². The van der Waals surface area contributed by atoms with E-state index in [1.165, 1.54) is 0 Å². The van der Waals surface area contributed by atoms with Gasteiger partial charge in [-0.25, -0.2) is 0 Å². The van der Waals surface area contributed by atoms with Crippen LogP contribution in [0.25, 0.3) is 0 Å². The minimum absolute atomic E-state index is 0.0584. The van der Waals surface area contributed by atoms with Gasteiger partial charge in [0, 0.05) is 5.69 Å². The normalized spacial score (nSPS) is 10.6. The molecule has 6 nitrogen and oxygen atoms in total. The first-order valence-electron chi connectivity index (χ1n) is 6.78. The Morgan fingerprint density at radius 1 is 1.33 bits per heavy atom. The van der Waals surface area contributed by atoms with Gasteiger partial charge in [0.25, 0.3) is 0 Å². The molecule has 0 spiro atoms. The van der Waals surface area contributed by atoms with Gasteiger partial charge in [0.1, 0.15) is 0 Å². The van der Waals surface area contributed by atoms with E-state index in [0.717, 1.165) is 12.8 Å². The van der Waals surface area contributed by atoms with Gasteiger partial charge in [-0.1, -0.05) is 24.9 Å². The van der Waals surface area contributed by atoms with Crippen molar-refractivity contribution in [2.45, 2.75) is 19.8 Å². The summed E-state index contributed by atoms with van der Waals surface area (Å²) in [5.74, 6) is -0.705.